The lowest BCUT2D eigenvalue weighted by atomic mass is 10.0. The minimum atomic E-state index is -0.00353. The van der Waals surface area contributed by atoms with Crippen molar-refractivity contribution < 1.29 is 9.53 Å². The summed E-state index contributed by atoms with van der Waals surface area (Å²) in [6.07, 6.45) is 3.26. The van der Waals surface area contributed by atoms with Crippen LogP contribution in [0, 0.1) is 5.92 Å². The first kappa shape index (κ1) is 16.0. The second kappa shape index (κ2) is 8.80. The largest absolute Gasteiger partial charge is 0.376 e. The fourth-order valence-electron chi connectivity index (χ4n) is 2.48. The third-order valence-corrected chi connectivity index (χ3v) is 3.77. The Labute approximate surface area is 127 Å². The van der Waals surface area contributed by atoms with Crippen LogP contribution in [0.25, 0.3) is 0 Å². The molecule has 1 amide bonds. The maximum atomic E-state index is 12.0. The van der Waals surface area contributed by atoms with Crippen molar-refractivity contribution in [2.75, 3.05) is 19.7 Å². The monoisotopic (exact) mass is 290 g/mol. The SMILES string of the molecule is CC(CNC(=O)C1CCCCN1)COCc1ccccc1. The third-order valence-electron chi connectivity index (χ3n) is 3.77. The highest BCUT2D eigenvalue weighted by Gasteiger charge is 2.20. The van der Waals surface area contributed by atoms with Gasteiger partial charge in [0.15, 0.2) is 0 Å². The lowest BCUT2D eigenvalue weighted by Gasteiger charge is -2.23. The van der Waals surface area contributed by atoms with E-state index in [0.717, 1.165) is 19.4 Å². The van der Waals surface area contributed by atoms with Crippen molar-refractivity contribution in [3.05, 3.63) is 35.9 Å². The normalized spacial score (nSPS) is 20.0. The average molecular weight is 290 g/mol. The number of hydrogen-bond acceptors (Lipinski definition) is 3. The Morgan fingerprint density at radius 1 is 1.38 bits per heavy atom. The van der Waals surface area contributed by atoms with Gasteiger partial charge in [0.2, 0.25) is 5.91 Å². The minimum Gasteiger partial charge on any atom is -0.376 e. The summed E-state index contributed by atoms with van der Waals surface area (Å²) < 4.78 is 5.69. The highest BCUT2D eigenvalue weighted by molar-refractivity contribution is 5.81. The average Bonchev–Trinajstić information content (AvgIpc) is 2.54. The molecule has 0 aliphatic carbocycles. The molecule has 0 aromatic heterocycles. The van der Waals surface area contributed by atoms with Crippen molar-refractivity contribution in [2.45, 2.75) is 38.8 Å². The van der Waals surface area contributed by atoms with Crippen LogP contribution in [0.3, 0.4) is 0 Å². The van der Waals surface area contributed by atoms with Crippen molar-refractivity contribution in [1.29, 1.82) is 0 Å². The molecule has 1 fully saturated rings. The Balaban J connectivity index is 1.58. The van der Waals surface area contributed by atoms with Crippen LogP contribution >= 0.6 is 0 Å². The first-order chi connectivity index (χ1) is 10.3. The molecule has 2 unspecified atom stereocenters. The molecule has 0 bridgehead atoms. The molecule has 1 aromatic carbocycles. The molecule has 1 aliphatic rings. The first-order valence-corrected chi connectivity index (χ1v) is 7.88. The fourth-order valence-corrected chi connectivity index (χ4v) is 2.48. The molecule has 4 heteroatoms. The van der Waals surface area contributed by atoms with Crippen LogP contribution in [-0.2, 0) is 16.1 Å². The summed E-state index contributed by atoms with van der Waals surface area (Å²) in [6.45, 7) is 5.01. The van der Waals surface area contributed by atoms with Gasteiger partial charge in [-0.1, -0.05) is 43.7 Å². The van der Waals surface area contributed by atoms with Gasteiger partial charge in [-0.2, -0.15) is 0 Å². The number of rotatable bonds is 7. The van der Waals surface area contributed by atoms with Crippen molar-refractivity contribution >= 4 is 5.91 Å². The van der Waals surface area contributed by atoms with E-state index in [9.17, 15) is 4.79 Å². The highest BCUT2D eigenvalue weighted by atomic mass is 16.5. The molecular formula is C17H26N2O2. The summed E-state index contributed by atoms with van der Waals surface area (Å²) in [4.78, 5) is 12.0. The highest BCUT2D eigenvalue weighted by Crippen LogP contribution is 2.07. The zero-order valence-electron chi connectivity index (χ0n) is 12.8. The smallest absolute Gasteiger partial charge is 0.237 e. The minimum absolute atomic E-state index is 0.00353. The molecule has 21 heavy (non-hydrogen) atoms. The van der Waals surface area contributed by atoms with Gasteiger partial charge in [-0.3, -0.25) is 4.79 Å². The van der Waals surface area contributed by atoms with E-state index >= 15 is 0 Å². The van der Waals surface area contributed by atoms with Crippen molar-refractivity contribution in [2.24, 2.45) is 5.92 Å². The first-order valence-electron chi connectivity index (χ1n) is 7.88. The quantitative estimate of drug-likeness (QED) is 0.808. The van der Waals surface area contributed by atoms with E-state index in [0.29, 0.717) is 25.7 Å². The predicted molar refractivity (Wildman–Crippen MR) is 83.9 cm³/mol. The maximum Gasteiger partial charge on any atom is 0.237 e. The van der Waals surface area contributed by atoms with E-state index in [1.54, 1.807) is 0 Å². The zero-order valence-corrected chi connectivity index (χ0v) is 12.8. The van der Waals surface area contributed by atoms with Gasteiger partial charge < -0.3 is 15.4 Å². The van der Waals surface area contributed by atoms with Crippen LogP contribution < -0.4 is 10.6 Å². The van der Waals surface area contributed by atoms with Gasteiger partial charge in [0, 0.05) is 6.54 Å². The van der Waals surface area contributed by atoms with Crippen LogP contribution in [0.2, 0.25) is 0 Å². The van der Waals surface area contributed by atoms with Gasteiger partial charge in [-0.15, -0.1) is 0 Å². The van der Waals surface area contributed by atoms with E-state index in [4.69, 9.17) is 4.74 Å². The molecule has 2 N–H and O–H groups in total. The van der Waals surface area contributed by atoms with Crippen LogP contribution in [0.15, 0.2) is 30.3 Å². The lowest BCUT2D eigenvalue weighted by Crippen LogP contribution is -2.47. The summed E-state index contributed by atoms with van der Waals surface area (Å²) in [7, 11) is 0. The molecule has 2 atom stereocenters. The summed E-state index contributed by atoms with van der Waals surface area (Å²) in [5.74, 6) is 0.450. The number of carbonyl (C=O) groups is 1. The van der Waals surface area contributed by atoms with Crippen molar-refractivity contribution in [3.63, 3.8) is 0 Å². The number of hydrogen-bond donors (Lipinski definition) is 2. The molecular weight excluding hydrogens is 264 g/mol. The van der Waals surface area contributed by atoms with Gasteiger partial charge in [0.25, 0.3) is 0 Å². The molecule has 1 aromatic rings. The van der Waals surface area contributed by atoms with E-state index in [-0.39, 0.29) is 11.9 Å². The molecule has 116 valence electrons. The predicted octanol–water partition coefficient (Wildman–Crippen LogP) is 2.10. The van der Waals surface area contributed by atoms with E-state index in [1.807, 2.05) is 18.2 Å². The molecule has 1 heterocycles. The number of amides is 1. The molecule has 2 rings (SSSR count). The van der Waals surface area contributed by atoms with E-state index < -0.39 is 0 Å². The molecule has 0 radical (unpaired) electrons. The number of carbonyl (C=O) groups excluding carboxylic acids is 1. The summed E-state index contributed by atoms with van der Waals surface area (Å²) >= 11 is 0. The van der Waals surface area contributed by atoms with Gasteiger partial charge in [-0.05, 0) is 30.9 Å². The number of benzene rings is 1. The third kappa shape index (κ3) is 5.86. The van der Waals surface area contributed by atoms with Crippen LogP contribution in [0.1, 0.15) is 31.7 Å². The number of piperidine rings is 1. The topological polar surface area (TPSA) is 50.4 Å². The summed E-state index contributed by atoms with van der Waals surface area (Å²) in [5, 5.41) is 6.28. The zero-order chi connectivity index (χ0) is 14.9. The summed E-state index contributed by atoms with van der Waals surface area (Å²) in [5.41, 5.74) is 1.18. The Hall–Kier alpha value is -1.39. The molecule has 4 nitrogen and oxygen atoms in total. The maximum absolute atomic E-state index is 12.0. The fraction of sp³-hybridized carbons (Fsp3) is 0.588. The Morgan fingerprint density at radius 3 is 2.90 bits per heavy atom. The summed E-state index contributed by atoms with van der Waals surface area (Å²) in [6, 6.07) is 10.1. The standard InChI is InChI=1S/C17H26N2O2/c1-14(12-21-13-15-7-3-2-4-8-15)11-19-17(20)16-9-5-6-10-18-16/h2-4,7-8,14,16,18H,5-6,9-13H2,1H3,(H,19,20). The van der Waals surface area contributed by atoms with Gasteiger partial charge in [-0.25, -0.2) is 0 Å². The van der Waals surface area contributed by atoms with Crippen molar-refractivity contribution in [1.82, 2.24) is 10.6 Å². The van der Waals surface area contributed by atoms with Crippen molar-refractivity contribution in [3.8, 4) is 0 Å². The van der Waals surface area contributed by atoms with Gasteiger partial charge in [0.05, 0.1) is 19.3 Å². The van der Waals surface area contributed by atoms with Gasteiger partial charge in [0.1, 0.15) is 0 Å². The van der Waals surface area contributed by atoms with Crippen LogP contribution in [0.4, 0.5) is 0 Å². The van der Waals surface area contributed by atoms with E-state index in [1.165, 1.54) is 12.0 Å². The van der Waals surface area contributed by atoms with Gasteiger partial charge >= 0.3 is 0 Å². The molecule has 0 saturated carbocycles. The lowest BCUT2D eigenvalue weighted by molar-refractivity contribution is -0.123. The number of ether oxygens (including phenoxy) is 1. The molecule has 0 spiro atoms. The molecule has 1 aliphatic heterocycles. The van der Waals surface area contributed by atoms with Crippen LogP contribution in [0.5, 0.6) is 0 Å². The second-order valence-electron chi connectivity index (χ2n) is 5.85. The Morgan fingerprint density at radius 2 is 2.19 bits per heavy atom. The number of nitrogens with one attached hydrogen (secondary N) is 2. The van der Waals surface area contributed by atoms with Crippen LogP contribution in [-0.4, -0.2) is 31.6 Å². The Bertz CT molecular complexity index is 416. The Kier molecular flexibility index (Phi) is 6.70. The second-order valence-corrected chi connectivity index (χ2v) is 5.85. The van der Waals surface area contributed by atoms with E-state index in [2.05, 4.69) is 29.7 Å². The molecule has 1 saturated heterocycles.